The number of hydrogen-bond donors (Lipinski definition) is 0. The van der Waals surface area contributed by atoms with Gasteiger partial charge in [-0.05, 0) is 44.0 Å². The number of carbonyl (C=O) groups excluding carboxylic acids is 2. The van der Waals surface area contributed by atoms with E-state index in [1.165, 1.54) is 6.08 Å². The number of thiazole rings is 1. The second-order valence-electron chi connectivity index (χ2n) is 5.79. The molecule has 0 amide bonds. The summed E-state index contributed by atoms with van der Waals surface area (Å²) in [7, 11) is 0. The third kappa shape index (κ3) is 7.23. The Kier molecular flexibility index (Phi) is 9.17. The van der Waals surface area contributed by atoms with Crippen molar-refractivity contribution in [3.05, 3.63) is 45.9 Å². The van der Waals surface area contributed by atoms with Crippen molar-refractivity contribution in [1.82, 2.24) is 4.98 Å². The van der Waals surface area contributed by atoms with E-state index < -0.39 is 11.9 Å². The standard InChI is InChI=1S/C21H25NO6S/c1-4-11-27-17-9-7-15(12-18(17)25-5-2)8-10-19(23)28-13-16-14-29-20(22-16)21(24)26-6-3/h7-10,12,14H,4-6,11,13H2,1-3H3/b10-8+. The lowest BCUT2D eigenvalue weighted by atomic mass is 10.2. The first-order valence-corrected chi connectivity index (χ1v) is 10.3. The molecule has 29 heavy (non-hydrogen) atoms. The van der Waals surface area contributed by atoms with Crippen LogP contribution < -0.4 is 9.47 Å². The van der Waals surface area contributed by atoms with Crippen LogP contribution in [0.1, 0.15) is 48.3 Å². The molecule has 0 aliphatic carbocycles. The molecule has 0 spiro atoms. The Hall–Kier alpha value is -2.87. The van der Waals surface area contributed by atoms with Crippen LogP contribution in [0.15, 0.2) is 29.7 Å². The highest BCUT2D eigenvalue weighted by atomic mass is 32.1. The monoisotopic (exact) mass is 419 g/mol. The Morgan fingerprint density at radius 1 is 1.07 bits per heavy atom. The van der Waals surface area contributed by atoms with E-state index in [1.54, 1.807) is 18.4 Å². The summed E-state index contributed by atoms with van der Waals surface area (Å²) in [6.07, 6.45) is 3.87. The minimum Gasteiger partial charge on any atom is -0.490 e. The molecular weight excluding hydrogens is 394 g/mol. The molecule has 156 valence electrons. The molecule has 0 aliphatic heterocycles. The van der Waals surface area contributed by atoms with Crippen LogP contribution in [0.4, 0.5) is 0 Å². The fourth-order valence-electron chi connectivity index (χ4n) is 2.25. The zero-order chi connectivity index (χ0) is 21.1. The quantitative estimate of drug-likeness (QED) is 0.397. The van der Waals surface area contributed by atoms with Crippen molar-refractivity contribution < 1.29 is 28.5 Å². The van der Waals surface area contributed by atoms with Crippen LogP contribution in [-0.2, 0) is 20.9 Å². The van der Waals surface area contributed by atoms with E-state index >= 15 is 0 Å². The first-order chi connectivity index (χ1) is 14.1. The molecule has 0 bridgehead atoms. The molecule has 0 atom stereocenters. The van der Waals surface area contributed by atoms with Crippen LogP contribution in [0, 0.1) is 0 Å². The fourth-order valence-corrected chi connectivity index (χ4v) is 2.94. The van der Waals surface area contributed by atoms with E-state index in [0.717, 1.165) is 23.3 Å². The average Bonchev–Trinajstić information content (AvgIpc) is 3.20. The summed E-state index contributed by atoms with van der Waals surface area (Å²) >= 11 is 1.15. The van der Waals surface area contributed by atoms with Gasteiger partial charge in [0, 0.05) is 11.5 Å². The summed E-state index contributed by atoms with van der Waals surface area (Å²) in [6, 6.07) is 5.46. The maximum absolute atomic E-state index is 12.0. The molecule has 2 rings (SSSR count). The molecule has 0 radical (unpaired) electrons. The molecule has 8 heteroatoms. The van der Waals surface area contributed by atoms with Gasteiger partial charge in [0.15, 0.2) is 11.5 Å². The molecule has 2 aromatic rings. The van der Waals surface area contributed by atoms with Gasteiger partial charge in [0.05, 0.1) is 25.5 Å². The predicted octanol–water partition coefficient (Wildman–Crippen LogP) is 4.26. The lowest BCUT2D eigenvalue weighted by Gasteiger charge is -2.12. The number of esters is 2. The van der Waals surface area contributed by atoms with Crippen molar-refractivity contribution >= 4 is 29.4 Å². The molecule has 7 nitrogen and oxygen atoms in total. The number of rotatable bonds is 11. The molecule has 0 N–H and O–H groups in total. The van der Waals surface area contributed by atoms with E-state index in [1.807, 2.05) is 32.0 Å². The van der Waals surface area contributed by atoms with Crippen molar-refractivity contribution in [2.75, 3.05) is 19.8 Å². The molecule has 0 unspecified atom stereocenters. The molecule has 1 aromatic heterocycles. The molecule has 0 aliphatic rings. The van der Waals surface area contributed by atoms with E-state index in [9.17, 15) is 9.59 Å². The first-order valence-electron chi connectivity index (χ1n) is 9.43. The first kappa shape index (κ1) is 22.4. The Morgan fingerprint density at radius 3 is 2.62 bits per heavy atom. The van der Waals surface area contributed by atoms with Gasteiger partial charge in [-0.3, -0.25) is 0 Å². The highest BCUT2D eigenvalue weighted by Crippen LogP contribution is 2.29. The highest BCUT2D eigenvalue weighted by Gasteiger charge is 2.12. The summed E-state index contributed by atoms with van der Waals surface area (Å²) in [4.78, 5) is 27.7. The van der Waals surface area contributed by atoms with Crippen LogP contribution in [0.2, 0.25) is 0 Å². The Bertz CT molecular complexity index is 845. The van der Waals surface area contributed by atoms with Crippen LogP contribution in [-0.4, -0.2) is 36.7 Å². The summed E-state index contributed by atoms with van der Waals surface area (Å²) in [5.41, 5.74) is 1.28. The lowest BCUT2D eigenvalue weighted by Crippen LogP contribution is -2.05. The lowest BCUT2D eigenvalue weighted by molar-refractivity contribution is -0.139. The average molecular weight is 419 g/mol. The van der Waals surface area contributed by atoms with Crippen LogP contribution in [0.5, 0.6) is 11.5 Å². The SMILES string of the molecule is CCCOc1ccc(/C=C/C(=O)OCc2csc(C(=O)OCC)n2)cc1OCC. The van der Waals surface area contributed by atoms with Gasteiger partial charge in [-0.15, -0.1) is 11.3 Å². The zero-order valence-corrected chi connectivity index (χ0v) is 17.6. The Balaban J connectivity index is 1.93. The second kappa shape index (κ2) is 11.9. The largest absolute Gasteiger partial charge is 0.490 e. The van der Waals surface area contributed by atoms with Gasteiger partial charge in [0.1, 0.15) is 6.61 Å². The molecular formula is C21H25NO6S. The number of carbonyl (C=O) groups is 2. The number of benzene rings is 1. The van der Waals surface area contributed by atoms with Crippen molar-refractivity contribution in [1.29, 1.82) is 0 Å². The molecule has 0 saturated heterocycles. The second-order valence-corrected chi connectivity index (χ2v) is 6.65. The van der Waals surface area contributed by atoms with E-state index in [4.69, 9.17) is 18.9 Å². The third-order valence-electron chi connectivity index (χ3n) is 3.51. The van der Waals surface area contributed by atoms with Gasteiger partial charge in [0.25, 0.3) is 0 Å². The highest BCUT2D eigenvalue weighted by molar-refractivity contribution is 7.11. The van der Waals surface area contributed by atoms with E-state index in [-0.39, 0.29) is 18.2 Å². The number of aromatic nitrogens is 1. The van der Waals surface area contributed by atoms with Gasteiger partial charge in [-0.2, -0.15) is 0 Å². The maximum atomic E-state index is 12.0. The van der Waals surface area contributed by atoms with Crippen molar-refractivity contribution in [3.8, 4) is 11.5 Å². The fraction of sp³-hybridized carbons (Fsp3) is 0.381. The van der Waals surface area contributed by atoms with E-state index in [0.29, 0.717) is 30.4 Å². The third-order valence-corrected chi connectivity index (χ3v) is 4.38. The van der Waals surface area contributed by atoms with Crippen LogP contribution in [0.25, 0.3) is 6.08 Å². The minimum atomic E-state index is -0.514. The molecule has 1 aromatic carbocycles. The Labute approximate surface area is 174 Å². The normalized spacial score (nSPS) is 10.7. The summed E-state index contributed by atoms with van der Waals surface area (Å²) in [6.45, 7) is 7.04. The van der Waals surface area contributed by atoms with Crippen molar-refractivity contribution in [2.45, 2.75) is 33.8 Å². The molecule has 0 saturated carbocycles. The van der Waals surface area contributed by atoms with Crippen molar-refractivity contribution in [2.24, 2.45) is 0 Å². The summed E-state index contributed by atoms with van der Waals surface area (Å²) in [5.74, 6) is 0.311. The zero-order valence-electron chi connectivity index (χ0n) is 16.8. The van der Waals surface area contributed by atoms with E-state index in [2.05, 4.69) is 4.98 Å². The smallest absolute Gasteiger partial charge is 0.367 e. The van der Waals surface area contributed by atoms with Gasteiger partial charge in [-0.25, -0.2) is 14.6 Å². The molecule has 0 fully saturated rings. The number of ether oxygens (including phenoxy) is 4. The summed E-state index contributed by atoms with van der Waals surface area (Å²) in [5, 5.41) is 1.90. The predicted molar refractivity (Wildman–Crippen MR) is 110 cm³/mol. The topological polar surface area (TPSA) is 84.0 Å². The minimum absolute atomic E-state index is 0.0208. The van der Waals surface area contributed by atoms with Gasteiger partial charge < -0.3 is 18.9 Å². The van der Waals surface area contributed by atoms with Crippen molar-refractivity contribution in [3.63, 3.8) is 0 Å². The van der Waals surface area contributed by atoms with Gasteiger partial charge >= 0.3 is 11.9 Å². The van der Waals surface area contributed by atoms with Gasteiger partial charge in [0.2, 0.25) is 5.01 Å². The number of nitrogens with zero attached hydrogens (tertiary/aromatic N) is 1. The summed E-state index contributed by atoms with van der Waals surface area (Å²) < 4.78 is 21.3. The van der Waals surface area contributed by atoms with Crippen LogP contribution >= 0.6 is 11.3 Å². The maximum Gasteiger partial charge on any atom is 0.367 e. The van der Waals surface area contributed by atoms with Gasteiger partial charge in [-0.1, -0.05) is 13.0 Å². The Morgan fingerprint density at radius 2 is 1.90 bits per heavy atom. The van der Waals surface area contributed by atoms with Crippen LogP contribution in [0.3, 0.4) is 0 Å². The molecule has 1 heterocycles. The number of hydrogen-bond acceptors (Lipinski definition) is 8.